The molecule has 0 bridgehead atoms. The minimum atomic E-state index is -0.672. The lowest BCUT2D eigenvalue weighted by molar-refractivity contribution is -0.385. The molecule has 0 aliphatic rings. The van der Waals surface area contributed by atoms with Crippen molar-refractivity contribution in [1.82, 2.24) is 4.98 Å². The van der Waals surface area contributed by atoms with Crippen LogP contribution < -0.4 is 11.1 Å². The molecule has 0 saturated carbocycles. The number of nitrogen functional groups attached to an aromatic ring is 1. The molecule has 3 N–H and O–H groups in total. The van der Waals surface area contributed by atoms with E-state index in [9.17, 15) is 14.9 Å². The van der Waals surface area contributed by atoms with Gasteiger partial charge in [0, 0.05) is 10.2 Å². The van der Waals surface area contributed by atoms with Gasteiger partial charge in [0.05, 0.1) is 4.92 Å². The maximum atomic E-state index is 12.2. The van der Waals surface area contributed by atoms with E-state index in [-0.39, 0.29) is 11.4 Å². The first-order valence-electron chi connectivity index (χ1n) is 5.86. The maximum absolute atomic E-state index is 12.2. The van der Waals surface area contributed by atoms with E-state index in [1.165, 1.54) is 6.07 Å². The number of rotatable bonds is 3. The van der Waals surface area contributed by atoms with Gasteiger partial charge in [0.2, 0.25) is 0 Å². The summed E-state index contributed by atoms with van der Waals surface area (Å²) in [5.41, 5.74) is 6.33. The van der Waals surface area contributed by atoms with E-state index in [0.717, 1.165) is 16.2 Å². The molecule has 0 saturated heterocycles. The monoisotopic (exact) mass is 350 g/mol. The highest BCUT2D eigenvalue weighted by Crippen LogP contribution is 2.25. The minimum Gasteiger partial charge on any atom is -0.384 e. The fraction of sp³-hybridized carbons (Fsp3) is 0.0769. The lowest BCUT2D eigenvalue weighted by Crippen LogP contribution is -2.15. The van der Waals surface area contributed by atoms with Gasteiger partial charge >= 0.3 is 0 Å². The number of hydrogen-bond donors (Lipinski definition) is 2. The summed E-state index contributed by atoms with van der Waals surface area (Å²) in [6, 6.07) is 6.47. The third-order valence-corrected chi connectivity index (χ3v) is 3.72. The summed E-state index contributed by atoms with van der Waals surface area (Å²) in [6.07, 6.45) is 0.970. The highest BCUT2D eigenvalue weighted by Gasteiger charge is 2.21. The Kier molecular flexibility index (Phi) is 4.18. The molecule has 0 atom stereocenters. The number of nitrogens with two attached hydrogens (primary N) is 1. The highest BCUT2D eigenvalue weighted by molar-refractivity contribution is 9.10. The number of benzene rings is 1. The maximum Gasteiger partial charge on any atom is 0.300 e. The molecular formula is C13H11BrN4O3. The van der Waals surface area contributed by atoms with E-state index in [2.05, 4.69) is 26.2 Å². The summed E-state index contributed by atoms with van der Waals surface area (Å²) < 4.78 is 0.823. The van der Waals surface area contributed by atoms with Gasteiger partial charge in [-0.05, 0) is 30.7 Å². The Morgan fingerprint density at radius 1 is 1.48 bits per heavy atom. The quantitative estimate of drug-likeness (QED) is 0.652. The van der Waals surface area contributed by atoms with Crippen molar-refractivity contribution < 1.29 is 9.72 Å². The van der Waals surface area contributed by atoms with Crippen LogP contribution in [0.3, 0.4) is 0 Å². The number of hydrogen-bond acceptors (Lipinski definition) is 5. The smallest absolute Gasteiger partial charge is 0.300 e. The summed E-state index contributed by atoms with van der Waals surface area (Å²) >= 11 is 3.35. The van der Waals surface area contributed by atoms with E-state index < -0.39 is 16.5 Å². The zero-order valence-corrected chi connectivity index (χ0v) is 12.5. The van der Waals surface area contributed by atoms with Crippen molar-refractivity contribution in [3.63, 3.8) is 0 Å². The van der Waals surface area contributed by atoms with Gasteiger partial charge < -0.3 is 11.1 Å². The second-order valence-corrected chi connectivity index (χ2v) is 5.10. The summed E-state index contributed by atoms with van der Waals surface area (Å²) in [4.78, 5) is 26.1. The number of aromatic nitrogens is 1. The van der Waals surface area contributed by atoms with Gasteiger partial charge in [-0.3, -0.25) is 14.9 Å². The Hall–Kier alpha value is -2.48. The van der Waals surface area contributed by atoms with Crippen LogP contribution in [0.15, 0.2) is 34.9 Å². The molecule has 0 fully saturated rings. The number of nitrogens with zero attached hydrogens (tertiary/aromatic N) is 2. The Morgan fingerprint density at radius 3 is 2.86 bits per heavy atom. The van der Waals surface area contributed by atoms with Gasteiger partial charge in [-0.1, -0.05) is 22.0 Å². The second kappa shape index (κ2) is 5.88. The van der Waals surface area contributed by atoms with Crippen molar-refractivity contribution in [2.75, 3.05) is 11.1 Å². The van der Waals surface area contributed by atoms with Crippen LogP contribution in [-0.2, 0) is 0 Å². The predicted octanol–water partition coefficient (Wildman–Crippen LogP) is 2.90. The molecule has 0 unspecified atom stereocenters. The van der Waals surface area contributed by atoms with Gasteiger partial charge in [-0.2, -0.15) is 0 Å². The third-order valence-electron chi connectivity index (χ3n) is 2.86. The lowest BCUT2D eigenvalue weighted by Gasteiger charge is -2.10. The zero-order chi connectivity index (χ0) is 15.6. The van der Waals surface area contributed by atoms with E-state index in [0.29, 0.717) is 5.69 Å². The molecule has 21 heavy (non-hydrogen) atoms. The number of nitro groups is 1. The fourth-order valence-electron chi connectivity index (χ4n) is 1.72. The molecule has 2 rings (SSSR count). The molecule has 108 valence electrons. The van der Waals surface area contributed by atoms with Gasteiger partial charge in [0.1, 0.15) is 17.6 Å². The number of amides is 1. The summed E-state index contributed by atoms with van der Waals surface area (Å²) in [6.45, 7) is 1.81. The van der Waals surface area contributed by atoms with E-state index in [1.807, 2.05) is 13.0 Å². The van der Waals surface area contributed by atoms with Crippen molar-refractivity contribution in [2.45, 2.75) is 6.92 Å². The lowest BCUT2D eigenvalue weighted by atomic mass is 10.1. The second-order valence-electron chi connectivity index (χ2n) is 4.25. The Balaban J connectivity index is 2.39. The van der Waals surface area contributed by atoms with Crippen molar-refractivity contribution in [3.8, 4) is 0 Å². The fourth-order valence-corrected chi connectivity index (χ4v) is 2.09. The number of nitrogens with one attached hydrogen (secondary N) is 1. The minimum absolute atomic E-state index is 0.0386. The van der Waals surface area contributed by atoms with Crippen molar-refractivity contribution in [2.24, 2.45) is 0 Å². The molecule has 1 heterocycles. The average Bonchev–Trinajstić information content (AvgIpc) is 2.43. The zero-order valence-electron chi connectivity index (χ0n) is 11.0. The van der Waals surface area contributed by atoms with E-state index >= 15 is 0 Å². The van der Waals surface area contributed by atoms with Crippen LogP contribution in [0.25, 0.3) is 0 Å². The Bertz CT molecular complexity index is 733. The molecule has 0 radical (unpaired) electrons. The van der Waals surface area contributed by atoms with Crippen molar-refractivity contribution >= 4 is 39.0 Å². The number of halogens is 1. The van der Waals surface area contributed by atoms with Crippen molar-refractivity contribution in [1.29, 1.82) is 0 Å². The molecule has 1 amide bonds. The van der Waals surface area contributed by atoms with Gasteiger partial charge in [-0.15, -0.1) is 0 Å². The molecule has 0 aliphatic carbocycles. The molecule has 2 aromatic rings. The number of pyridine rings is 1. The number of carbonyl (C=O) groups excluding carboxylic acids is 1. The first kappa shape index (κ1) is 14.9. The van der Waals surface area contributed by atoms with Gasteiger partial charge in [0.25, 0.3) is 11.6 Å². The Morgan fingerprint density at radius 2 is 2.19 bits per heavy atom. The van der Waals surface area contributed by atoms with Gasteiger partial charge in [-0.25, -0.2) is 4.98 Å². The molecule has 1 aromatic heterocycles. The van der Waals surface area contributed by atoms with E-state index in [4.69, 9.17) is 5.73 Å². The SMILES string of the molecule is Cc1c(Br)cccc1NC(=O)c1cc(N)ncc1[N+](=O)[O-]. The first-order chi connectivity index (χ1) is 9.90. The number of anilines is 2. The topological polar surface area (TPSA) is 111 Å². The van der Waals surface area contributed by atoms with E-state index in [1.54, 1.807) is 12.1 Å². The van der Waals surface area contributed by atoms with Crippen LogP contribution in [0.5, 0.6) is 0 Å². The van der Waals surface area contributed by atoms with Crippen LogP contribution in [0.1, 0.15) is 15.9 Å². The van der Waals surface area contributed by atoms with Gasteiger partial charge in [0.15, 0.2) is 0 Å². The third kappa shape index (κ3) is 3.16. The van der Waals surface area contributed by atoms with Crippen molar-refractivity contribution in [3.05, 3.63) is 56.2 Å². The Labute approximate surface area is 128 Å². The summed E-state index contributed by atoms with van der Waals surface area (Å²) in [5, 5.41) is 13.6. The predicted molar refractivity (Wildman–Crippen MR) is 82.1 cm³/mol. The molecule has 0 aliphatic heterocycles. The molecule has 8 heteroatoms. The standard InChI is InChI=1S/C13H11BrN4O3/c1-7-9(14)3-2-4-10(7)17-13(19)8-5-12(15)16-6-11(8)18(20)21/h2-6H,1H3,(H2,15,16)(H,17,19). The summed E-state index contributed by atoms with van der Waals surface area (Å²) in [5.74, 6) is -0.575. The first-order valence-corrected chi connectivity index (χ1v) is 6.66. The van der Waals surface area contributed by atoms with Crippen LogP contribution in [0, 0.1) is 17.0 Å². The van der Waals surface area contributed by atoms with Crippen LogP contribution in [0.2, 0.25) is 0 Å². The molecule has 7 nitrogen and oxygen atoms in total. The average molecular weight is 351 g/mol. The molecule has 0 spiro atoms. The highest BCUT2D eigenvalue weighted by atomic mass is 79.9. The molecular weight excluding hydrogens is 340 g/mol. The largest absolute Gasteiger partial charge is 0.384 e. The summed E-state index contributed by atoms with van der Waals surface area (Å²) in [7, 11) is 0. The molecule has 1 aromatic carbocycles. The number of carbonyl (C=O) groups is 1. The van der Waals surface area contributed by atoms with Crippen LogP contribution >= 0.6 is 15.9 Å². The van der Waals surface area contributed by atoms with Crippen LogP contribution in [0.4, 0.5) is 17.2 Å². The normalized spacial score (nSPS) is 10.2. The van der Waals surface area contributed by atoms with Crippen LogP contribution in [-0.4, -0.2) is 15.8 Å².